The van der Waals surface area contributed by atoms with Gasteiger partial charge in [-0.05, 0) is 37.0 Å². The summed E-state index contributed by atoms with van der Waals surface area (Å²) < 4.78 is 18.5. The van der Waals surface area contributed by atoms with Crippen molar-refractivity contribution in [2.24, 2.45) is 0 Å². The average Bonchev–Trinajstić information content (AvgIpc) is 2.28. The summed E-state index contributed by atoms with van der Waals surface area (Å²) in [7, 11) is -4.01. The SMILES string of the molecule is CCO[Si](C)(CO[Si](C(C)C)(C(C)C)C(C)C)OCC. The first-order valence-electron chi connectivity index (χ1n) is 8.08. The normalized spacial score (nSPS) is 13.8. The van der Waals surface area contributed by atoms with Gasteiger partial charge in [0.2, 0.25) is 0 Å². The fourth-order valence-corrected chi connectivity index (χ4v) is 12.0. The van der Waals surface area contributed by atoms with Gasteiger partial charge in [0.1, 0.15) is 0 Å². The van der Waals surface area contributed by atoms with E-state index in [-0.39, 0.29) is 0 Å². The summed E-state index contributed by atoms with van der Waals surface area (Å²) >= 11 is 0. The second-order valence-corrected chi connectivity index (χ2v) is 15.2. The highest BCUT2D eigenvalue weighted by molar-refractivity contribution is 6.78. The Labute approximate surface area is 128 Å². The van der Waals surface area contributed by atoms with Crippen LogP contribution in [0.25, 0.3) is 0 Å². The maximum atomic E-state index is 6.63. The zero-order valence-corrected chi connectivity index (χ0v) is 17.1. The van der Waals surface area contributed by atoms with Gasteiger partial charge in [0.05, 0.1) is 6.23 Å². The highest BCUT2D eigenvalue weighted by Crippen LogP contribution is 2.42. The monoisotopic (exact) mass is 320 g/mol. The Morgan fingerprint density at radius 1 is 0.700 bits per heavy atom. The molecule has 0 spiro atoms. The topological polar surface area (TPSA) is 27.7 Å². The molecule has 0 aromatic carbocycles. The molecule has 0 aliphatic heterocycles. The van der Waals surface area contributed by atoms with Crippen molar-refractivity contribution < 1.29 is 13.3 Å². The molecule has 0 saturated heterocycles. The summed E-state index contributed by atoms with van der Waals surface area (Å²) in [6.07, 6.45) is 0.662. The number of rotatable bonds is 10. The smallest absolute Gasteiger partial charge is 0.360 e. The van der Waals surface area contributed by atoms with Crippen LogP contribution in [0.4, 0.5) is 0 Å². The van der Waals surface area contributed by atoms with Gasteiger partial charge in [-0.15, -0.1) is 0 Å². The van der Waals surface area contributed by atoms with E-state index in [0.717, 1.165) is 0 Å². The van der Waals surface area contributed by atoms with Crippen LogP contribution in [0.3, 0.4) is 0 Å². The summed E-state index contributed by atoms with van der Waals surface area (Å²) in [5.74, 6) is 0. The lowest BCUT2D eigenvalue weighted by Gasteiger charge is -2.43. The molecule has 0 aliphatic rings. The van der Waals surface area contributed by atoms with Gasteiger partial charge < -0.3 is 13.3 Å². The molecule has 0 amide bonds. The van der Waals surface area contributed by atoms with E-state index < -0.39 is 16.9 Å². The third-order valence-corrected chi connectivity index (χ3v) is 13.0. The molecule has 0 saturated carbocycles. The molecule has 0 atom stereocenters. The Hall–Kier alpha value is 0.314. The van der Waals surface area contributed by atoms with Gasteiger partial charge >= 0.3 is 8.56 Å². The largest absolute Gasteiger partial charge is 0.414 e. The van der Waals surface area contributed by atoms with Crippen molar-refractivity contribution in [1.29, 1.82) is 0 Å². The van der Waals surface area contributed by atoms with Crippen LogP contribution >= 0.6 is 0 Å². The summed E-state index contributed by atoms with van der Waals surface area (Å²) in [5, 5.41) is 0. The predicted octanol–water partition coefficient (Wildman–Crippen LogP) is 4.86. The summed E-state index contributed by atoms with van der Waals surface area (Å²) in [5.41, 5.74) is 1.80. The molecule has 0 radical (unpaired) electrons. The zero-order valence-electron chi connectivity index (χ0n) is 15.1. The molecule has 0 heterocycles. The standard InChI is InChI=1S/C15H36O3Si2/c1-10-16-19(9,17-11-2)12-18-20(13(3)4,14(5)6)15(7)8/h13-15H,10-12H2,1-9H3. The van der Waals surface area contributed by atoms with Crippen LogP contribution in [0.1, 0.15) is 55.4 Å². The molecule has 0 N–H and O–H groups in total. The summed E-state index contributed by atoms with van der Waals surface area (Å²) in [6.45, 7) is 21.5. The van der Waals surface area contributed by atoms with Gasteiger partial charge in [0.25, 0.3) is 0 Å². The van der Waals surface area contributed by atoms with Crippen molar-refractivity contribution in [3.05, 3.63) is 0 Å². The van der Waals surface area contributed by atoms with Crippen LogP contribution in [-0.4, -0.2) is 36.3 Å². The Balaban J connectivity index is 5.08. The first kappa shape index (κ1) is 20.3. The van der Waals surface area contributed by atoms with E-state index in [1.165, 1.54) is 0 Å². The van der Waals surface area contributed by atoms with Crippen LogP contribution in [0.5, 0.6) is 0 Å². The second kappa shape index (κ2) is 8.68. The minimum absolute atomic E-state index is 0.601. The van der Waals surface area contributed by atoms with Gasteiger partial charge in [0.15, 0.2) is 8.32 Å². The van der Waals surface area contributed by atoms with Crippen molar-refractivity contribution in [3.63, 3.8) is 0 Å². The van der Waals surface area contributed by atoms with Gasteiger partial charge in [-0.25, -0.2) is 0 Å². The van der Waals surface area contributed by atoms with Gasteiger partial charge in [-0.1, -0.05) is 41.5 Å². The molecule has 0 aliphatic carbocycles. The second-order valence-electron chi connectivity index (χ2n) is 6.61. The third kappa shape index (κ3) is 4.95. The van der Waals surface area contributed by atoms with Gasteiger partial charge in [0, 0.05) is 13.2 Å². The molecule has 122 valence electrons. The molecule has 5 heteroatoms. The molecule has 0 rings (SSSR count). The van der Waals surface area contributed by atoms with E-state index in [1.54, 1.807) is 0 Å². The van der Waals surface area contributed by atoms with Crippen LogP contribution in [0, 0.1) is 0 Å². The summed E-state index contributed by atoms with van der Waals surface area (Å²) in [6, 6.07) is 0. The first-order valence-corrected chi connectivity index (χ1v) is 12.7. The Bertz CT molecular complexity index is 240. The van der Waals surface area contributed by atoms with Crippen molar-refractivity contribution in [2.75, 3.05) is 19.4 Å². The van der Waals surface area contributed by atoms with Gasteiger partial charge in [-0.3, -0.25) is 0 Å². The fraction of sp³-hybridized carbons (Fsp3) is 1.00. The van der Waals surface area contributed by atoms with E-state index in [4.69, 9.17) is 13.3 Å². The van der Waals surface area contributed by atoms with E-state index in [1.807, 2.05) is 13.8 Å². The molecular formula is C15H36O3Si2. The van der Waals surface area contributed by atoms with Crippen molar-refractivity contribution in [1.82, 2.24) is 0 Å². The fourth-order valence-electron chi connectivity index (χ4n) is 3.49. The quantitative estimate of drug-likeness (QED) is 0.538. The highest BCUT2D eigenvalue weighted by Gasteiger charge is 2.47. The average molecular weight is 321 g/mol. The van der Waals surface area contributed by atoms with Crippen molar-refractivity contribution in [2.45, 2.75) is 78.6 Å². The van der Waals surface area contributed by atoms with E-state index in [0.29, 0.717) is 36.1 Å². The van der Waals surface area contributed by atoms with Gasteiger partial charge in [-0.2, -0.15) is 0 Å². The van der Waals surface area contributed by atoms with E-state index in [9.17, 15) is 0 Å². The number of hydrogen-bond acceptors (Lipinski definition) is 3. The van der Waals surface area contributed by atoms with Crippen molar-refractivity contribution in [3.8, 4) is 0 Å². The third-order valence-electron chi connectivity index (χ3n) is 4.19. The molecule has 20 heavy (non-hydrogen) atoms. The van der Waals surface area contributed by atoms with Crippen LogP contribution in [0.2, 0.25) is 23.2 Å². The molecule has 0 unspecified atom stereocenters. The lowest BCUT2D eigenvalue weighted by Crippen LogP contribution is -2.54. The molecule has 3 nitrogen and oxygen atoms in total. The minimum Gasteiger partial charge on any atom is -0.414 e. The Kier molecular flexibility index (Phi) is 8.82. The van der Waals surface area contributed by atoms with Crippen LogP contribution < -0.4 is 0 Å². The minimum atomic E-state index is -2.18. The predicted molar refractivity (Wildman–Crippen MR) is 91.9 cm³/mol. The van der Waals surface area contributed by atoms with E-state index >= 15 is 0 Å². The maximum Gasteiger partial charge on any atom is 0.360 e. The Morgan fingerprint density at radius 3 is 1.30 bits per heavy atom. The first-order chi connectivity index (χ1) is 9.16. The number of hydrogen-bond donors (Lipinski definition) is 0. The molecule has 0 fully saturated rings. The lowest BCUT2D eigenvalue weighted by atomic mass is 10.5. The van der Waals surface area contributed by atoms with E-state index in [2.05, 4.69) is 48.1 Å². The van der Waals surface area contributed by atoms with Crippen LogP contribution in [-0.2, 0) is 13.3 Å². The highest BCUT2D eigenvalue weighted by atomic mass is 28.4. The zero-order chi connectivity index (χ0) is 16.0. The molecule has 0 aromatic rings. The molecule has 0 aromatic heterocycles. The molecule has 0 bridgehead atoms. The lowest BCUT2D eigenvalue weighted by molar-refractivity contribution is 0.158. The summed E-state index contributed by atoms with van der Waals surface area (Å²) in [4.78, 5) is 0. The Morgan fingerprint density at radius 2 is 1.05 bits per heavy atom. The maximum absolute atomic E-state index is 6.63. The van der Waals surface area contributed by atoms with Crippen molar-refractivity contribution >= 4 is 16.9 Å². The molecular weight excluding hydrogens is 284 g/mol. The van der Waals surface area contributed by atoms with Crippen LogP contribution in [0.15, 0.2) is 0 Å².